The molecule has 8 aliphatic rings. The summed E-state index contributed by atoms with van der Waals surface area (Å²) in [5.74, 6) is -4.92. The minimum absolute atomic E-state index is 0.00952. The molecule has 5 aromatic heterocycles. The lowest BCUT2D eigenvalue weighted by atomic mass is 9.75. The number of carboxylic acids is 1. The van der Waals surface area contributed by atoms with Crippen LogP contribution in [-0.2, 0) is 140 Å². The monoisotopic (exact) mass is 1960 g/mol. The topological polar surface area (TPSA) is 500 Å². The van der Waals surface area contributed by atoms with E-state index in [9.17, 15) is 67.7 Å². The normalized spacial score (nSPS) is 16.7. The highest BCUT2D eigenvalue weighted by Crippen LogP contribution is 2.56. The number of esters is 6. The molecule has 4 aliphatic carbocycles. The zero-order valence-corrected chi connectivity index (χ0v) is 84.5. The minimum atomic E-state index is -1.46. The van der Waals surface area contributed by atoms with E-state index < -0.39 is 63.4 Å². The first-order chi connectivity index (χ1) is 67.9. The molecule has 36 nitrogen and oxygen atoms in total. The Balaban J connectivity index is 0.000000165. The second-order valence-corrected chi connectivity index (χ2v) is 38.0. The summed E-state index contributed by atoms with van der Waals surface area (Å²) in [6.45, 7) is 29.5. The molecule has 0 atom stereocenters. The number of H-pyrrole nitrogens is 5. The van der Waals surface area contributed by atoms with Crippen LogP contribution in [0.25, 0.3) is 55.5 Å². The van der Waals surface area contributed by atoms with Crippen LogP contribution in [0.15, 0.2) is 72.1 Å². The number of ether oxygens (including phenoxy) is 6. The highest BCUT2D eigenvalue weighted by atomic mass is 16.6. The molecule has 764 valence electrons. The van der Waals surface area contributed by atoms with Gasteiger partial charge in [0.1, 0.15) is 5.71 Å². The lowest BCUT2D eigenvalue weighted by molar-refractivity contribution is -0.152. The van der Waals surface area contributed by atoms with Gasteiger partial charge in [-0.2, -0.15) is 15.3 Å². The number of aryl methyl sites for hydroxylation is 5. The number of rotatable bonds is 28. The molecule has 9 aromatic rings. The van der Waals surface area contributed by atoms with Crippen molar-refractivity contribution in [2.75, 3.05) is 84.5 Å². The number of aliphatic carboxylic acids is 1. The average molecular weight is 1960 g/mol. The van der Waals surface area contributed by atoms with Crippen molar-refractivity contribution in [1.82, 2.24) is 35.3 Å². The van der Waals surface area contributed by atoms with Crippen molar-refractivity contribution in [3.05, 3.63) is 123 Å². The number of aromatic nitrogens is 7. The molecule has 36 heteroatoms. The second-order valence-electron chi connectivity index (χ2n) is 38.0. The number of Topliss-reactive ketones (excluding diaryl/α,β-unsaturated/α-hetero) is 2. The van der Waals surface area contributed by atoms with Gasteiger partial charge in [0.15, 0.2) is 11.6 Å². The molecule has 0 radical (unpaired) electrons. The van der Waals surface area contributed by atoms with E-state index in [2.05, 4.69) is 58.0 Å². The van der Waals surface area contributed by atoms with E-state index in [1.807, 2.05) is 96.9 Å². The van der Waals surface area contributed by atoms with Crippen LogP contribution >= 0.6 is 0 Å². The van der Waals surface area contributed by atoms with Crippen LogP contribution in [0.5, 0.6) is 0 Å². The van der Waals surface area contributed by atoms with Crippen molar-refractivity contribution >= 4 is 144 Å². The molecule has 9 heterocycles. The van der Waals surface area contributed by atoms with Crippen LogP contribution in [0, 0.1) is 0 Å². The highest BCUT2D eigenvalue weighted by Gasteiger charge is 2.59. The van der Waals surface area contributed by atoms with Gasteiger partial charge in [0.25, 0.3) is 5.97 Å². The van der Waals surface area contributed by atoms with E-state index in [1.54, 1.807) is 81.4 Å². The molecule has 0 saturated heterocycles. The highest BCUT2D eigenvalue weighted by molar-refractivity contribution is 6.40. The number of carboxylic acid groups (broad SMARTS) is 1. The van der Waals surface area contributed by atoms with Gasteiger partial charge in [0.05, 0.1) is 146 Å². The molecule has 0 bridgehead atoms. The number of anilines is 5. The largest absolute Gasteiger partial charge is 0.481 e. The van der Waals surface area contributed by atoms with Crippen LogP contribution in [0.1, 0.15) is 287 Å². The van der Waals surface area contributed by atoms with Crippen LogP contribution in [-0.4, -0.2) is 222 Å². The Bertz CT molecular complexity index is 6190. The fourth-order valence-electron chi connectivity index (χ4n) is 21.4. The van der Waals surface area contributed by atoms with Gasteiger partial charge in [-0.05, 0) is 298 Å². The van der Waals surface area contributed by atoms with E-state index in [1.165, 1.54) is 22.3 Å². The maximum Gasteiger partial charge on any atom is 0.307 e. The third-order valence-electron chi connectivity index (χ3n) is 27.3. The summed E-state index contributed by atoms with van der Waals surface area (Å²) in [6.07, 6.45) is 15.6. The van der Waals surface area contributed by atoms with E-state index in [4.69, 9.17) is 43.4 Å². The van der Waals surface area contributed by atoms with Gasteiger partial charge in [-0.15, -0.1) is 0 Å². The van der Waals surface area contributed by atoms with Gasteiger partial charge in [-0.1, -0.05) is 6.42 Å². The molecule has 4 amide bonds. The summed E-state index contributed by atoms with van der Waals surface area (Å²) < 4.78 is 31.2. The van der Waals surface area contributed by atoms with Crippen LogP contribution in [0.2, 0.25) is 0 Å². The minimum Gasteiger partial charge on any atom is -0.481 e. The number of fused-ring (bicyclic) bond motifs is 17. The van der Waals surface area contributed by atoms with Crippen LogP contribution in [0.3, 0.4) is 0 Å². The number of amides is 4. The number of nitrogens with zero attached hydrogens (tertiary/aromatic N) is 7. The molecule has 1 fully saturated rings. The fourth-order valence-corrected chi connectivity index (χ4v) is 21.4. The van der Waals surface area contributed by atoms with Crippen molar-refractivity contribution in [2.45, 2.75) is 304 Å². The second kappa shape index (κ2) is 46.7. The predicted octanol–water partition coefficient (Wildman–Crippen LogP) is 14.7. The molecule has 4 aliphatic heterocycles. The number of carbonyl (C=O) groups is 13. The molecule has 10 N–H and O–H groups in total. The van der Waals surface area contributed by atoms with Gasteiger partial charge < -0.3 is 83.4 Å². The smallest absolute Gasteiger partial charge is 0.307 e. The van der Waals surface area contributed by atoms with Crippen molar-refractivity contribution in [2.24, 2.45) is 5.10 Å². The quantitative estimate of drug-likeness (QED) is 0.00716. The fraction of sp³-hybridized carbons (Fsp3) is 0.528. The SMILES string of the molecule is CC(=O)O.CC(C)N1C(=O)C(CCO)(CCO)c2cc3[nH]c4c(c3cc21)CCCc1cn[nH]c1-4.CCO.CCOC(=O)CC1(CC(=O)OCC)C(=O)N(C(C)C)c2cc3c4c([nH]c3cc21)-c1[nH]ncc1CCC4.CCOC(=O)CC1(CC(=O)OCC)C(=O)N(C(C)C)c2cc3c4c([nH]c3cc21)C(=O)CCCC4.CCOC(=O)CC1(CC(=O)OCC)C(=O)N(C(C)C)c2ccc(N/N=C3\CCCCCC3=O)cc21. The lowest BCUT2D eigenvalue weighted by Crippen LogP contribution is -2.46. The number of aliphatic hydroxyl groups excluding tert-OH is 3. The van der Waals surface area contributed by atoms with Gasteiger partial charge in [0.2, 0.25) is 23.6 Å². The zero-order chi connectivity index (χ0) is 103. The Labute approximate surface area is 825 Å². The van der Waals surface area contributed by atoms with Gasteiger partial charge >= 0.3 is 35.8 Å². The van der Waals surface area contributed by atoms with E-state index in [-0.39, 0.29) is 157 Å². The summed E-state index contributed by atoms with van der Waals surface area (Å²) in [4.78, 5) is 183. The molecule has 17 rings (SSSR count). The Morgan fingerprint density at radius 2 is 0.690 bits per heavy atom. The summed E-state index contributed by atoms with van der Waals surface area (Å²) >= 11 is 0. The number of hydrogen-bond donors (Lipinski definition) is 10. The number of carbonyl (C=O) groups excluding carboxylic acids is 12. The Morgan fingerprint density at radius 3 is 1.05 bits per heavy atom. The summed E-state index contributed by atoms with van der Waals surface area (Å²) in [6, 6.07) is 16.7. The average Bonchev–Trinajstić information content (AvgIpc) is 1.62. The van der Waals surface area contributed by atoms with E-state index in [0.717, 1.165) is 162 Å². The van der Waals surface area contributed by atoms with Crippen molar-refractivity contribution in [1.29, 1.82) is 0 Å². The summed E-state index contributed by atoms with van der Waals surface area (Å²) in [7, 11) is 0. The van der Waals surface area contributed by atoms with E-state index >= 15 is 0 Å². The maximum absolute atomic E-state index is 14.1. The first-order valence-corrected chi connectivity index (χ1v) is 49.9. The number of aromatic amines is 5. The number of hydrazone groups is 1. The van der Waals surface area contributed by atoms with Crippen molar-refractivity contribution < 1.29 is 111 Å². The van der Waals surface area contributed by atoms with Gasteiger partial charge in [-0.25, -0.2) is 0 Å². The maximum atomic E-state index is 14.1. The van der Waals surface area contributed by atoms with Gasteiger partial charge in [-0.3, -0.25) is 78.0 Å². The standard InChI is InChI=1S/C27H32N4O5.C26H35N3O6.C26H32N2O6.C23H28N4O3.C2H4O2.C2H6O/c1-5-35-22(32)12-27(13-23(33)36-6-2)19-11-20-18(10-21(19)31(15(3)4)26(27)34)17-9-7-8-16-14-28-30-24(16)25(17)29-20;1-5-34-23(31)15-26(16-24(32)35-6-2)19-14-18(12-13-21(19)29(17(3)4)25(26)33)27-28-20-10-8-7-9-11-22(20)30;1-5-33-22(30)13-26(14-23(31)34-6-2)18-12-19-17(11-20(18)28(15(3)4)25(26)32)16-9-7-8-10-21(29)24(16)27-19;1-13(2)27-19-10-16-15-5-3-4-14-12-24-26-20(14)21(15)25-18(16)11-17(19)23(6-8-28,7-9-29)22(27)30;1-2(3)4;1-2-3/h10-11,14-15,29H,5-9,12-13H2,1-4H3,(H,28,30);12-14,17,27H,5-11,15-16H2,1-4H3;11-12,15,27H,5-10,13-14H2,1-4H3;10-13,25,28-29H,3-9H2,1-2H3,(H,24,26);1H3,(H,3,4);3H,2H2,1H3/b;28-20+;;;;. The number of benzene rings is 4. The molecule has 142 heavy (non-hydrogen) atoms. The van der Waals surface area contributed by atoms with Crippen LogP contribution in [0.4, 0.5) is 28.4 Å². The predicted molar refractivity (Wildman–Crippen MR) is 536 cm³/mol. The third-order valence-corrected chi connectivity index (χ3v) is 27.3. The number of hydrogen-bond acceptors (Lipinski definition) is 26. The molecule has 0 unspecified atom stereocenters. The molecule has 1 saturated carbocycles. The van der Waals surface area contributed by atoms with E-state index in [0.29, 0.717) is 77.3 Å². The molecular weight excluding hydrogens is 1820 g/mol. The first-order valence-electron chi connectivity index (χ1n) is 49.9. The molecular formula is C106H137N13O23. The number of ketones is 2. The van der Waals surface area contributed by atoms with Crippen molar-refractivity contribution in [3.8, 4) is 22.8 Å². The summed E-state index contributed by atoms with van der Waals surface area (Å²) in [5, 5.41) is 56.7. The Kier molecular flexibility index (Phi) is 35.4. The third kappa shape index (κ3) is 21.7. The molecule has 4 aromatic carbocycles. The van der Waals surface area contributed by atoms with Crippen molar-refractivity contribution in [3.63, 3.8) is 0 Å². The lowest BCUT2D eigenvalue weighted by Gasteiger charge is -2.29. The number of aliphatic hydroxyl groups is 3. The zero-order valence-electron chi connectivity index (χ0n) is 84.5. The molecule has 0 spiro atoms. The number of nitrogens with one attached hydrogen (secondary N) is 6. The Hall–Kier alpha value is -13.2. The van der Waals surface area contributed by atoms with Crippen LogP contribution < -0.4 is 25.0 Å². The Morgan fingerprint density at radius 1 is 0.387 bits per heavy atom. The first kappa shape index (κ1) is 108. The summed E-state index contributed by atoms with van der Waals surface area (Å²) in [5.41, 5.74) is 17.6. The van der Waals surface area contributed by atoms with Gasteiger partial charge in [0, 0.05) is 119 Å².